The van der Waals surface area contributed by atoms with E-state index in [1.165, 1.54) is 58.2 Å². The van der Waals surface area contributed by atoms with Gasteiger partial charge in [0, 0.05) is 12.6 Å². The first-order valence-corrected chi connectivity index (χ1v) is 7.58. The van der Waals surface area contributed by atoms with E-state index < -0.39 is 0 Å². The van der Waals surface area contributed by atoms with Gasteiger partial charge in [0.1, 0.15) is 0 Å². The van der Waals surface area contributed by atoms with Crippen LogP contribution in [0.5, 0.6) is 0 Å². The smallest absolute Gasteiger partial charge is 0.00923 e. The molecule has 0 spiro atoms. The van der Waals surface area contributed by atoms with Gasteiger partial charge in [-0.1, -0.05) is 13.3 Å². The highest BCUT2D eigenvalue weighted by Crippen LogP contribution is 2.39. The highest BCUT2D eigenvalue weighted by molar-refractivity contribution is 4.90. The number of rotatable bonds is 6. The number of hydrogen-bond donors (Lipinski definition) is 1. The molecule has 2 nitrogen and oxygen atoms in total. The maximum atomic E-state index is 3.52. The summed E-state index contributed by atoms with van der Waals surface area (Å²) >= 11 is 0. The number of piperidine rings is 1. The zero-order valence-corrected chi connectivity index (χ0v) is 12.0. The molecule has 1 aliphatic carbocycles. The van der Waals surface area contributed by atoms with Crippen molar-refractivity contribution in [1.82, 2.24) is 10.2 Å². The zero-order valence-electron chi connectivity index (χ0n) is 12.0. The van der Waals surface area contributed by atoms with Crippen molar-refractivity contribution in [2.24, 2.45) is 11.3 Å². The Morgan fingerprint density at radius 3 is 2.47 bits per heavy atom. The Morgan fingerprint density at radius 1 is 1.29 bits per heavy atom. The predicted octanol–water partition coefficient (Wildman–Crippen LogP) is 2.89. The van der Waals surface area contributed by atoms with Crippen molar-refractivity contribution in [2.75, 3.05) is 26.7 Å². The van der Waals surface area contributed by atoms with E-state index in [4.69, 9.17) is 0 Å². The molecule has 2 rings (SSSR count). The lowest BCUT2D eigenvalue weighted by Crippen LogP contribution is -2.46. The molecule has 1 unspecified atom stereocenters. The molecular weight excluding hydrogens is 208 g/mol. The normalized spacial score (nSPS) is 26.1. The third-order valence-corrected chi connectivity index (χ3v) is 5.03. The van der Waals surface area contributed by atoms with Crippen molar-refractivity contribution >= 4 is 0 Å². The molecule has 0 radical (unpaired) electrons. The zero-order chi connectivity index (χ0) is 12.3. The summed E-state index contributed by atoms with van der Waals surface area (Å²) in [5, 5.41) is 3.52. The summed E-state index contributed by atoms with van der Waals surface area (Å²) in [7, 11) is 2.35. The number of nitrogens with one attached hydrogen (secondary N) is 1. The van der Waals surface area contributed by atoms with Gasteiger partial charge in [-0.05, 0) is 70.5 Å². The molecule has 0 aromatic rings. The lowest BCUT2D eigenvalue weighted by Gasteiger charge is -2.42. The Bertz CT molecular complexity index is 224. The van der Waals surface area contributed by atoms with E-state index in [-0.39, 0.29) is 0 Å². The van der Waals surface area contributed by atoms with Gasteiger partial charge in [-0.15, -0.1) is 0 Å². The number of hydrogen-bond acceptors (Lipinski definition) is 2. The summed E-state index contributed by atoms with van der Waals surface area (Å²) in [4.78, 5) is 2.65. The minimum Gasteiger partial charge on any atom is -0.317 e. The van der Waals surface area contributed by atoms with Crippen molar-refractivity contribution in [3.05, 3.63) is 0 Å². The second kappa shape index (κ2) is 5.71. The Hall–Kier alpha value is -0.0800. The Labute approximate surface area is 107 Å². The fourth-order valence-corrected chi connectivity index (χ4v) is 3.59. The average Bonchev–Trinajstić information content (AvgIpc) is 3.13. The third-order valence-electron chi connectivity index (χ3n) is 5.03. The van der Waals surface area contributed by atoms with Crippen LogP contribution in [0.1, 0.15) is 52.4 Å². The molecule has 2 heteroatoms. The quantitative estimate of drug-likeness (QED) is 0.765. The summed E-state index contributed by atoms with van der Waals surface area (Å²) in [5.41, 5.74) is 0.609. The average molecular weight is 238 g/mol. The van der Waals surface area contributed by atoms with Crippen LogP contribution in [0, 0.1) is 11.3 Å². The van der Waals surface area contributed by atoms with Crippen LogP contribution in [0.15, 0.2) is 0 Å². The van der Waals surface area contributed by atoms with E-state index in [1.54, 1.807) is 0 Å². The Balaban J connectivity index is 1.90. The van der Waals surface area contributed by atoms with Crippen molar-refractivity contribution in [3.63, 3.8) is 0 Å². The van der Waals surface area contributed by atoms with Gasteiger partial charge >= 0.3 is 0 Å². The van der Waals surface area contributed by atoms with Gasteiger partial charge in [0.05, 0.1) is 0 Å². The molecule has 1 atom stereocenters. The second-order valence-corrected chi connectivity index (χ2v) is 6.49. The van der Waals surface area contributed by atoms with E-state index in [9.17, 15) is 0 Å². The minimum absolute atomic E-state index is 0.609. The van der Waals surface area contributed by atoms with Crippen molar-refractivity contribution in [3.8, 4) is 0 Å². The van der Waals surface area contributed by atoms with Crippen molar-refractivity contribution in [1.29, 1.82) is 0 Å². The lowest BCUT2D eigenvalue weighted by atomic mass is 9.75. The molecule has 0 amide bonds. The minimum atomic E-state index is 0.609. The molecule has 1 aliphatic heterocycles. The molecule has 1 heterocycles. The van der Waals surface area contributed by atoms with Gasteiger partial charge in [-0.3, -0.25) is 0 Å². The summed E-state index contributed by atoms with van der Waals surface area (Å²) in [5.74, 6) is 1.00. The summed E-state index contributed by atoms with van der Waals surface area (Å²) in [6, 6.07) is 0.804. The van der Waals surface area contributed by atoms with Crippen LogP contribution < -0.4 is 5.32 Å². The summed E-state index contributed by atoms with van der Waals surface area (Å²) in [6.45, 7) is 8.55. The van der Waals surface area contributed by atoms with Crippen LogP contribution >= 0.6 is 0 Å². The van der Waals surface area contributed by atoms with Crippen molar-refractivity contribution in [2.45, 2.75) is 58.4 Å². The molecule has 100 valence electrons. The fraction of sp³-hybridized carbons (Fsp3) is 1.00. The van der Waals surface area contributed by atoms with E-state index in [0.717, 1.165) is 12.0 Å². The van der Waals surface area contributed by atoms with Crippen molar-refractivity contribution < 1.29 is 0 Å². The van der Waals surface area contributed by atoms with E-state index in [1.807, 2.05) is 0 Å². The molecule has 2 fully saturated rings. The van der Waals surface area contributed by atoms with Gasteiger partial charge < -0.3 is 10.2 Å². The van der Waals surface area contributed by atoms with Gasteiger partial charge in [-0.25, -0.2) is 0 Å². The first-order valence-electron chi connectivity index (χ1n) is 7.58. The molecular formula is C15H30N2. The molecule has 17 heavy (non-hydrogen) atoms. The topological polar surface area (TPSA) is 15.3 Å². The third kappa shape index (κ3) is 3.45. The standard InChI is InChI=1S/C15H30N2/c1-4-7-15(8-10-16-11-9-15)12-17(3)13(2)14-5-6-14/h13-14,16H,4-12H2,1-3H3. The molecule has 0 bridgehead atoms. The molecule has 2 aliphatic rings. The fourth-order valence-electron chi connectivity index (χ4n) is 3.59. The van der Waals surface area contributed by atoms with Gasteiger partial charge in [0.2, 0.25) is 0 Å². The lowest BCUT2D eigenvalue weighted by molar-refractivity contribution is 0.0895. The van der Waals surface area contributed by atoms with Crippen LogP contribution in [0.25, 0.3) is 0 Å². The van der Waals surface area contributed by atoms with Gasteiger partial charge in [-0.2, -0.15) is 0 Å². The summed E-state index contributed by atoms with van der Waals surface area (Å²) < 4.78 is 0. The van der Waals surface area contributed by atoms with E-state index in [0.29, 0.717) is 5.41 Å². The van der Waals surface area contributed by atoms with Crippen LogP contribution in [0.4, 0.5) is 0 Å². The van der Waals surface area contributed by atoms with Gasteiger partial charge in [0.25, 0.3) is 0 Å². The number of nitrogens with zero attached hydrogens (tertiary/aromatic N) is 1. The molecule has 1 N–H and O–H groups in total. The highest BCUT2D eigenvalue weighted by Gasteiger charge is 2.36. The SMILES string of the molecule is CCCC1(CN(C)C(C)C2CC2)CCNCC1. The highest BCUT2D eigenvalue weighted by atomic mass is 15.1. The monoisotopic (exact) mass is 238 g/mol. The Morgan fingerprint density at radius 2 is 1.94 bits per heavy atom. The molecule has 0 aromatic carbocycles. The molecule has 1 saturated heterocycles. The van der Waals surface area contributed by atoms with Crippen LogP contribution in [0.2, 0.25) is 0 Å². The summed E-state index contributed by atoms with van der Waals surface area (Å²) in [6.07, 6.45) is 8.44. The van der Waals surface area contributed by atoms with Crippen LogP contribution in [-0.4, -0.2) is 37.6 Å². The van der Waals surface area contributed by atoms with E-state index in [2.05, 4.69) is 31.1 Å². The second-order valence-electron chi connectivity index (χ2n) is 6.49. The van der Waals surface area contributed by atoms with E-state index >= 15 is 0 Å². The Kier molecular flexibility index (Phi) is 4.48. The van der Waals surface area contributed by atoms with Gasteiger partial charge in [0.15, 0.2) is 0 Å². The van der Waals surface area contributed by atoms with Crippen LogP contribution in [-0.2, 0) is 0 Å². The largest absolute Gasteiger partial charge is 0.317 e. The first kappa shape index (κ1) is 13.4. The predicted molar refractivity (Wildman–Crippen MR) is 74.3 cm³/mol. The maximum Gasteiger partial charge on any atom is 0.00923 e. The molecule has 1 saturated carbocycles. The first-order chi connectivity index (χ1) is 8.17. The van der Waals surface area contributed by atoms with Crippen LogP contribution in [0.3, 0.4) is 0 Å². The maximum absolute atomic E-state index is 3.52. The molecule has 0 aromatic heterocycles.